The molecule has 0 aliphatic carbocycles. The van der Waals surface area contributed by atoms with Gasteiger partial charge < -0.3 is 4.74 Å². The van der Waals surface area contributed by atoms with Crippen LogP contribution in [-0.2, 0) is 11.3 Å². The van der Waals surface area contributed by atoms with E-state index in [4.69, 9.17) is 16.3 Å². The summed E-state index contributed by atoms with van der Waals surface area (Å²) in [6.07, 6.45) is 1.84. The van der Waals surface area contributed by atoms with Crippen LogP contribution in [0.15, 0.2) is 42.6 Å². The van der Waals surface area contributed by atoms with Gasteiger partial charge in [0.05, 0.1) is 5.69 Å². The van der Waals surface area contributed by atoms with Crippen LogP contribution in [-0.4, -0.2) is 15.4 Å². The van der Waals surface area contributed by atoms with Crippen molar-refractivity contribution in [3.8, 4) is 0 Å². The molecule has 0 N–H and O–H groups in total. The van der Waals surface area contributed by atoms with Crippen molar-refractivity contribution in [1.29, 1.82) is 0 Å². The molecular formula is C17H15ClN2O2. The number of aromatic nitrogens is 2. The minimum Gasteiger partial charge on any atom is -0.456 e. The van der Waals surface area contributed by atoms with Crippen molar-refractivity contribution in [1.82, 2.24) is 9.38 Å². The third-order valence-electron chi connectivity index (χ3n) is 3.43. The Morgan fingerprint density at radius 2 is 1.95 bits per heavy atom. The Morgan fingerprint density at radius 1 is 1.23 bits per heavy atom. The fraction of sp³-hybridized carbons (Fsp3) is 0.176. The first-order valence-corrected chi connectivity index (χ1v) is 7.29. The molecule has 2 aromatic heterocycles. The van der Waals surface area contributed by atoms with Gasteiger partial charge in [-0.3, -0.25) is 4.40 Å². The summed E-state index contributed by atoms with van der Waals surface area (Å²) in [5.74, 6) is -0.385. The summed E-state index contributed by atoms with van der Waals surface area (Å²) in [5, 5.41) is 0.656. The van der Waals surface area contributed by atoms with Gasteiger partial charge in [0.1, 0.15) is 12.3 Å². The maximum atomic E-state index is 12.4. The number of aryl methyl sites for hydroxylation is 2. The van der Waals surface area contributed by atoms with E-state index in [0.29, 0.717) is 16.4 Å². The van der Waals surface area contributed by atoms with Gasteiger partial charge in [0, 0.05) is 11.2 Å². The minimum absolute atomic E-state index is 0.203. The number of esters is 1. The Bertz CT molecular complexity index is 838. The molecule has 0 saturated carbocycles. The lowest BCUT2D eigenvalue weighted by atomic mass is 10.2. The Morgan fingerprint density at radius 3 is 2.68 bits per heavy atom. The van der Waals surface area contributed by atoms with Crippen molar-refractivity contribution in [2.24, 2.45) is 0 Å². The van der Waals surface area contributed by atoms with E-state index in [9.17, 15) is 4.79 Å². The maximum absolute atomic E-state index is 12.4. The molecule has 0 atom stereocenters. The van der Waals surface area contributed by atoms with E-state index in [-0.39, 0.29) is 12.6 Å². The van der Waals surface area contributed by atoms with Gasteiger partial charge in [-0.1, -0.05) is 23.7 Å². The van der Waals surface area contributed by atoms with Crippen LogP contribution in [0.2, 0.25) is 5.02 Å². The normalized spacial score (nSPS) is 10.9. The minimum atomic E-state index is -0.385. The van der Waals surface area contributed by atoms with Crippen molar-refractivity contribution in [2.75, 3.05) is 0 Å². The van der Waals surface area contributed by atoms with E-state index < -0.39 is 0 Å². The fourth-order valence-corrected chi connectivity index (χ4v) is 2.43. The Labute approximate surface area is 133 Å². The highest BCUT2D eigenvalue weighted by Crippen LogP contribution is 2.16. The summed E-state index contributed by atoms with van der Waals surface area (Å²) in [7, 11) is 0. The van der Waals surface area contributed by atoms with Gasteiger partial charge in [0.25, 0.3) is 0 Å². The number of nitrogens with zero attached hydrogens (tertiary/aromatic N) is 2. The molecule has 2 heterocycles. The van der Waals surface area contributed by atoms with Gasteiger partial charge in [-0.15, -0.1) is 0 Å². The van der Waals surface area contributed by atoms with Crippen molar-refractivity contribution < 1.29 is 9.53 Å². The fourth-order valence-electron chi connectivity index (χ4n) is 2.31. The zero-order valence-corrected chi connectivity index (χ0v) is 13.1. The lowest BCUT2D eigenvalue weighted by Gasteiger charge is -2.06. The summed E-state index contributed by atoms with van der Waals surface area (Å²) in [6, 6.07) is 11.1. The monoisotopic (exact) mass is 314 g/mol. The quantitative estimate of drug-likeness (QED) is 0.687. The molecule has 3 rings (SSSR count). The number of fused-ring (bicyclic) bond motifs is 1. The third kappa shape index (κ3) is 2.83. The summed E-state index contributed by atoms with van der Waals surface area (Å²) >= 11 is 5.84. The highest BCUT2D eigenvalue weighted by molar-refractivity contribution is 6.30. The number of carbonyl (C=O) groups is 1. The molecule has 0 radical (unpaired) electrons. The van der Waals surface area contributed by atoms with Crippen LogP contribution in [0.4, 0.5) is 0 Å². The number of rotatable bonds is 3. The molecule has 3 aromatic rings. The average Bonchev–Trinajstić information content (AvgIpc) is 2.81. The first kappa shape index (κ1) is 14.6. The molecule has 0 fully saturated rings. The lowest BCUT2D eigenvalue weighted by molar-refractivity contribution is 0.0463. The van der Waals surface area contributed by atoms with Crippen LogP contribution in [0.5, 0.6) is 0 Å². The number of halogens is 1. The molecule has 0 aliphatic heterocycles. The Balaban J connectivity index is 1.83. The first-order chi connectivity index (χ1) is 10.5. The molecule has 22 heavy (non-hydrogen) atoms. The molecule has 4 nitrogen and oxygen atoms in total. The summed E-state index contributed by atoms with van der Waals surface area (Å²) < 4.78 is 7.15. The summed E-state index contributed by atoms with van der Waals surface area (Å²) in [6.45, 7) is 4.00. The topological polar surface area (TPSA) is 43.6 Å². The van der Waals surface area contributed by atoms with Gasteiger partial charge in [-0.2, -0.15) is 0 Å². The van der Waals surface area contributed by atoms with Crippen LogP contribution in [0, 0.1) is 13.8 Å². The number of pyridine rings is 1. The average molecular weight is 315 g/mol. The molecule has 0 saturated heterocycles. The molecule has 1 aromatic carbocycles. The van der Waals surface area contributed by atoms with E-state index in [1.807, 2.05) is 37.4 Å². The number of benzene rings is 1. The second-order valence-corrected chi connectivity index (χ2v) is 5.62. The van der Waals surface area contributed by atoms with E-state index in [1.165, 1.54) is 0 Å². The predicted molar refractivity (Wildman–Crippen MR) is 85.2 cm³/mol. The predicted octanol–water partition coefficient (Wildman–Crippen LogP) is 3.96. The molecular weight excluding hydrogens is 300 g/mol. The van der Waals surface area contributed by atoms with Gasteiger partial charge in [-0.25, -0.2) is 9.78 Å². The Hall–Kier alpha value is -2.33. The van der Waals surface area contributed by atoms with Gasteiger partial charge >= 0.3 is 5.97 Å². The molecule has 0 amide bonds. The highest BCUT2D eigenvalue weighted by atomic mass is 35.5. The van der Waals surface area contributed by atoms with Crippen LogP contribution in [0.25, 0.3) is 5.65 Å². The van der Waals surface area contributed by atoms with Crippen LogP contribution < -0.4 is 0 Å². The standard InChI is InChI=1S/C17H15ClN2O2/c1-11-7-8-20-15(9-11)19-12(2)16(20)17(21)22-10-13-3-5-14(18)6-4-13/h3-9H,10H2,1-2H3. The second kappa shape index (κ2) is 5.81. The van der Waals surface area contributed by atoms with E-state index in [1.54, 1.807) is 23.5 Å². The zero-order chi connectivity index (χ0) is 15.7. The van der Waals surface area contributed by atoms with Crippen molar-refractivity contribution in [3.63, 3.8) is 0 Å². The van der Waals surface area contributed by atoms with Gasteiger partial charge in [-0.05, 0) is 49.2 Å². The molecule has 0 unspecified atom stereocenters. The first-order valence-electron chi connectivity index (χ1n) is 6.91. The third-order valence-corrected chi connectivity index (χ3v) is 3.68. The number of hydrogen-bond acceptors (Lipinski definition) is 3. The summed E-state index contributed by atoms with van der Waals surface area (Å²) in [5.41, 5.74) is 3.85. The van der Waals surface area contributed by atoms with Crippen LogP contribution in [0.3, 0.4) is 0 Å². The Kier molecular flexibility index (Phi) is 3.86. The molecule has 112 valence electrons. The van der Waals surface area contributed by atoms with Gasteiger partial charge in [0.2, 0.25) is 0 Å². The van der Waals surface area contributed by atoms with Crippen molar-refractivity contribution in [2.45, 2.75) is 20.5 Å². The number of carbonyl (C=O) groups excluding carboxylic acids is 1. The van der Waals surface area contributed by atoms with Crippen LogP contribution >= 0.6 is 11.6 Å². The second-order valence-electron chi connectivity index (χ2n) is 5.18. The molecule has 0 bridgehead atoms. The zero-order valence-electron chi connectivity index (χ0n) is 12.3. The van der Waals surface area contributed by atoms with Crippen LogP contribution in [0.1, 0.15) is 27.3 Å². The molecule has 0 aliphatic rings. The lowest BCUT2D eigenvalue weighted by Crippen LogP contribution is -2.09. The van der Waals surface area contributed by atoms with E-state index in [2.05, 4.69) is 4.98 Å². The number of hydrogen-bond donors (Lipinski definition) is 0. The molecule has 5 heteroatoms. The van der Waals surface area contributed by atoms with Gasteiger partial charge in [0.15, 0.2) is 5.69 Å². The van der Waals surface area contributed by atoms with E-state index >= 15 is 0 Å². The van der Waals surface area contributed by atoms with Crippen molar-refractivity contribution in [3.05, 3.63) is 70.1 Å². The largest absolute Gasteiger partial charge is 0.456 e. The maximum Gasteiger partial charge on any atom is 0.357 e. The SMILES string of the molecule is Cc1ccn2c(C(=O)OCc3ccc(Cl)cc3)c(C)nc2c1. The van der Waals surface area contributed by atoms with E-state index in [0.717, 1.165) is 16.8 Å². The number of ether oxygens (including phenoxy) is 1. The smallest absolute Gasteiger partial charge is 0.357 e. The molecule has 0 spiro atoms. The summed E-state index contributed by atoms with van der Waals surface area (Å²) in [4.78, 5) is 16.8. The number of imidazole rings is 1. The van der Waals surface area contributed by atoms with Crippen molar-refractivity contribution >= 4 is 23.2 Å². The highest BCUT2D eigenvalue weighted by Gasteiger charge is 2.18.